The van der Waals surface area contributed by atoms with Gasteiger partial charge in [-0.2, -0.15) is 0 Å². The number of rotatable bonds is 10. The number of nitrogens with zero attached hydrogens (tertiary/aromatic N) is 5. The summed E-state index contributed by atoms with van der Waals surface area (Å²) in [5, 5.41) is 8.77. The summed E-state index contributed by atoms with van der Waals surface area (Å²) in [5.41, 5.74) is 2.38. The van der Waals surface area contributed by atoms with E-state index in [2.05, 4.69) is 35.7 Å². The van der Waals surface area contributed by atoms with E-state index in [1.807, 2.05) is 12.1 Å². The molecule has 2 aromatic carbocycles. The lowest BCUT2D eigenvalue weighted by Crippen LogP contribution is -2.47. The van der Waals surface area contributed by atoms with E-state index in [0.29, 0.717) is 40.8 Å². The number of nitrogens with one attached hydrogen (secondary N) is 3. The number of amides is 3. The molecule has 4 aromatic rings. The number of aromatic nitrogens is 3. The fourth-order valence-corrected chi connectivity index (χ4v) is 9.12. The average Bonchev–Trinajstić information content (AvgIpc) is 3.23. The maximum absolute atomic E-state index is 15.2. The van der Waals surface area contributed by atoms with Crippen LogP contribution in [0.15, 0.2) is 77.9 Å². The van der Waals surface area contributed by atoms with Gasteiger partial charge in [0.25, 0.3) is 5.56 Å². The van der Waals surface area contributed by atoms with Crippen molar-refractivity contribution in [1.29, 1.82) is 0 Å². The van der Waals surface area contributed by atoms with Crippen LogP contribution in [0.25, 0.3) is 16.9 Å². The maximum Gasteiger partial charge on any atom is 0.255 e. The lowest BCUT2D eigenvalue weighted by atomic mass is 9.84. The Morgan fingerprint density at radius 1 is 0.810 bits per heavy atom. The molecule has 1 aliphatic carbocycles. The van der Waals surface area contributed by atoms with Gasteiger partial charge in [-0.05, 0) is 119 Å². The molecule has 3 aliphatic heterocycles. The van der Waals surface area contributed by atoms with Crippen molar-refractivity contribution in [3.05, 3.63) is 101 Å². The number of halogens is 2. The van der Waals surface area contributed by atoms with Gasteiger partial charge in [-0.1, -0.05) is 24.3 Å². The number of benzene rings is 2. The van der Waals surface area contributed by atoms with Gasteiger partial charge in [-0.15, -0.1) is 0 Å². The zero-order chi connectivity index (χ0) is 40.2. The molecular formula is C44H50F2N8O4. The van der Waals surface area contributed by atoms with E-state index in [1.165, 1.54) is 22.9 Å². The number of likely N-dealkylation sites (tertiary alicyclic amines) is 2. The first-order valence-electron chi connectivity index (χ1n) is 20.6. The van der Waals surface area contributed by atoms with Crippen LogP contribution in [-0.2, 0) is 14.4 Å². The Labute approximate surface area is 336 Å². The molecule has 58 heavy (non-hydrogen) atoms. The first-order chi connectivity index (χ1) is 28.2. The molecule has 1 atom stereocenters. The van der Waals surface area contributed by atoms with Gasteiger partial charge in [0.1, 0.15) is 17.6 Å². The fraction of sp³-hybridized carbons (Fsp3) is 0.455. The highest BCUT2D eigenvalue weighted by molar-refractivity contribution is 6.01. The summed E-state index contributed by atoms with van der Waals surface area (Å²) in [7, 11) is 0. The molecule has 0 unspecified atom stereocenters. The quantitative estimate of drug-likeness (QED) is 0.168. The molecule has 0 radical (unpaired) electrons. The molecular weight excluding hydrogens is 743 g/mol. The summed E-state index contributed by atoms with van der Waals surface area (Å²) in [6.45, 7) is 4.36. The molecule has 3 N–H and O–H groups in total. The first kappa shape index (κ1) is 39.3. The molecule has 4 aliphatic rings. The van der Waals surface area contributed by atoms with Crippen molar-refractivity contribution in [2.24, 2.45) is 11.8 Å². The molecule has 3 amide bonds. The fourth-order valence-electron chi connectivity index (χ4n) is 9.12. The van der Waals surface area contributed by atoms with Crippen molar-refractivity contribution in [3.8, 4) is 16.9 Å². The van der Waals surface area contributed by atoms with E-state index >= 15 is 4.39 Å². The SMILES string of the molecule is O=C1CC[C@H](Nc2ccc(C3CCN(CC4CCN(C(=O)[C@H]5CC[C@H](Nc6ncc(F)c(-c7cccc(-n8ccccc8=O)c7)n6)CC5)CC4)CC3)c(F)c2)C(=O)N1. The topological polar surface area (TPSA) is 142 Å². The predicted octanol–water partition coefficient (Wildman–Crippen LogP) is 5.88. The van der Waals surface area contributed by atoms with Gasteiger partial charge in [-0.3, -0.25) is 29.1 Å². The van der Waals surface area contributed by atoms with Crippen molar-refractivity contribution < 1.29 is 23.2 Å². The average molecular weight is 793 g/mol. The Kier molecular flexibility index (Phi) is 11.9. The minimum absolute atomic E-state index is 0.00914. The van der Waals surface area contributed by atoms with Gasteiger partial charge in [0.2, 0.25) is 23.7 Å². The van der Waals surface area contributed by atoms with Crippen LogP contribution < -0.4 is 21.5 Å². The van der Waals surface area contributed by atoms with E-state index in [9.17, 15) is 23.6 Å². The normalized spacial score (nSPS) is 22.4. The number of piperidine rings is 3. The van der Waals surface area contributed by atoms with Gasteiger partial charge in [0, 0.05) is 67.2 Å². The van der Waals surface area contributed by atoms with Gasteiger partial charge >= 0.3 is 0 Å². The molecule has 0 spiro atoms. The molecule has 12 nitrogen and oxygen atoms in total. The third-order valence-corrected chi connectivity index (χ3v) is 12.4. The van der Waals surface area contributed by atoms with Gasteiger partial charge in [-0.25, -0.2) is 18.7 Å². The molecule has 14 heteroatoms. The molecule has 304 valence electrons. The highest BCUT2D eigenvalue weighted by Gasteiger charge is 2.33. The number of carbonyl (C=O) groups excluding carboxylic acids is 3. The van der Waals surface area contributed by atoms with Gasteiger partial charge in [0.05, 0.1) is 6.20 Å². The summed E-state index contributed by atoms with van der Waals surface area (Å²) in [6.07, 6.45) is 10.3. The number of anilines is 2. The highest BCUT2D eigenvalue weighted by Crippen LogP contribution is 2.34. The summed E-state index contributed by atoms with van der Waals surface area (Å²) in [6, 6.07) is 16.6. The van der Waals surface area contributed by atoms with E-state index in [0.717, 1.165) is 84.1 Å². The van der Waals surface area contributed by atoms with E-state index in [1.54, 1.807) is 42.6 Å². The number of imide groups is 1. The van der Waals surface area contributed by atoms with Crippen LogP contribution >= 0.6 is 0 Å². The Balaban J connectivity index is 0.761. The van der Waals surface area contributed by atoms with Crippen LogP contribution in [0.4, 0.5) is 20.4 Å². The first-order valence-corrected chi connectivity index (χ1v) is 20.6. The standard InChI is InChI=1S/C44H50F2N8O4/c45-36-25-33(48-38-13-14-39(55)50-42(38)57)11-12-35(36)29-17-20-52(21-18-29)27-28-15-22-53(23-16-28)43(58)30-7-9-32(10-8-30)49-44-47-26-37(46)41(51-44)31-4-3-5-34(24-31)54-19-2-1-6-40(54)56/h1-6,11-12,19,24-26,28-30,32,38,48H,7-10,13-18,20-23,27H2,(H,47,49,51)(H,50,55,57)/t30-,32-,38-/m0/s1. The van der Waals surface area contributed by atoms with E-state index in [4.69, 9.17) is 0 Å². The third kappa shape index (κ3) is 9.12. The molecule has 1 saturated carbocycles. The Bertz CT molecular complexity index is 2190. The molecule has 5 heterocycles. The van der Waals surface area contributed by atoms with Crippen LogP contribution in [0.5, 0.6) is 0 Å². The smallest absolute Gasteiger partial charge is 0.255 e. The molecule has 4 fully saturated rings. The van der Waals surface area contributed by atoms with Gasteiger partial charge in [0.15, 0.2) is 5.82 Å². The molecule has 8 rings (SSSR count). The van der Waals surface area contributed by atoms with Gasteiger partial charge < -0.3 is 20.4 Å². The van der Waals surface area contributed by atoms with Crippen molar-refractivity contribution in [1.82, 2.24) is 29.7 Å². The Morgan fingerprint density at radius 3 is 2.34 bits per heavy atom. The van der Waals surface area contributed by atoms with E-state index < -0.39 is 11.9 Å². The lowest BCUT2D eigenvalue weighted by Gasteiger charge is -2.39. The number of hydrogen-bond donors (Lipinski definition) is 3. The minimum Gasteiger partial charge on any atom is -0.374 e. The number of hydrogen-bond acceptors (Lipinski definition) is 9. The highest BCUT2D eigenvalue weighted by atomic mass is 19.1. The summed E-state index contributed by atoms with van der Waals surface area (Å²) < 4.78 is 31.7. The van der Waals surface area contributed by atoms with Crippen molar-refractivity contribution in [3.63, 3.8) is 0 Å². The van der Waals surface area contributed by atoms with E-state index in [-0.39, 0.29) is 59.1 Å². The van der Waals surface area contributed by atoms with Crippen LogP contribution in [-0.4, -0.2) is 86.9 Å². The molecule has 0 bridgehead atoms. The Hall–Kier alpha value is -5.50. The number of carbonyl (C=O) groups is 3. The van der Waals surface area contributed by atoms with Crippen LogP contribution in [0.3, 0.4) is 0 Å². The Morgan fingerprint density at radius 2 is 1.60 bits per heavy atom. The summed E-state index contributed by atoms with van der Waals surface area (Å²) in [4.78, 5) is 62.8. The van der Waals surface area contributed by atoms with Crippen LogP contribution in [0.2, 0.25) is 0 Å². The predicted molar refractivity (Wildman–Crippen MR) is 216 cm³/mol. The lowest BCUT2D eigenvalue weighted by molar-refractivity contribution is -0.138. The zero-order valence-corrected chi connectivity index (χ0v) is 32.5. The molecule has 3 saturated heterocycles. The van der Waals surface area contributed by atoms with Crippen LogP contribution in [0, 0.1) is 23.5 Å². The zero-order valence-electron chi connectivity index (χ0n) is 32.5. The maximum atomic E-state index is 15.2. The summed E-state index contributed by atoms with van der Waals surface area (Å²) in [5.74, 6) is -0.233. The second-order valence-corrected chi connectivity index (χ2v) is 16.3. The second kappa shape index (κ2) is 17.6. The van der Waals surface area contributed by atoms with Crippen molar-refractivity contribution >= 4 is 29.4 Å². The van der Waals surface area contributed by atoms with Crippen LogP contribution in [0.1, 0.15) is 75.7 Å². The number of pyridine rings is 1. The molecule has 2 aromatic heterocycles. The summed E-state index contributed by atoms with van der Waals surface area (Å²) >= 11 is 0. The van der Waals surface area contributed by atoms with Crippen molar-refractivity contribution in [2.45, 2.75) is 82.2 Å². The van der Waals surface area contributed by atoms with Crippen molar-refractivity contribution in [2.75, 3.05) is 43.4 Å². The second-order valence-electron chi connectivity index (χ2n) is 16.3. The monoisotopic (exact) mass is 792 g/mol. The third-order valence-electron chi connectivity index (χ3n) is 12.4. The largest absolute Gasteiger partial charge is 0.374 e. The minimum atomic E-state index is -0.551.